The minimum atomic E-state index is 0.207. The Kier molecular flexibility index (Phi) is 3.98. The average molecular weight is 251 g/mol. The number of nitrogens with two attached hydrogens (primary N) is 1. The molecule has 4 N–H and O–H groups in total. The van der Waals surface area contributed by atoms with Gasteiger partial charge in [-0.15, -0.1) is 0 Å². The normalized spacial score (nSPS) is 23.1. The van der Waals surface area contributed by atoms with Gasteiger partial charge in [0.2, 0.25) is 0 Å². The highest BCUT2D eigenvalue weighted by Gasteiger charge is 2.25. The molecule has 6 heteroatoms. The maximum Gasteiger partial charge on any atom is 0.148 e. The summed E-state index contributed by atoms with van der Waals surface area (Å²) in [5.74, 6) is 7.79. The Morgan fingerprint density at radius 1 is 1.39 bits per heavy atom. The van der Waals surface area contributed by atoms with E-state index in [-0.39, 0.29) is 6.10 Å². The molecule has 0 aliphatic carbocycles. The largest absolute Gasteiger partial charge is 0.376 e. The van der Waals surface area contributed by atoms with Gasteiger partial charge in [0.1, 0.15) is 17.5 Å². The van der Waals surface area contributed by atoms with Crippen molar-refractivity contribution in [2.75, 3.05) is 17.3 Å². The summed E-state index contributed by atoms with van der Waals surface area (Å²) in [6.45, 7) is 6.85. The molecule has 1 aromatic rings. The molecular weight excluding hydrogens is 230 g/mol. The summed E-state index contributed by atoms with van der Waals surface area (Å²) >= 11 is 0. The maximum atomic E-state index is 5.54. The molecule has 1 aromatic heterocycles. The number of nitrogen functional groups attached to an aromatic ring is 1. The molecule has 1 saturated heterocycles. The first-order valence-electron chi connectivity index (χ1n) is 6.38. The van der Waals surface area contributed by atoms with E-state index in [0.717, 1.165) is 36.7 Å². The van der Waals surface area contributed by atoms with Gasteiger partial charge >= 0.3 is 0 Å². The number of rotatable bonds is 4. The van der Waals surface area contributed by atoms with Crippen LogP contribution in [0.4, 0.5) is 11.6 Å². The number of hydrogen-bond donors (Lipinski definition) is 3. The molecule has 0 aromatic carbocycles. The van der Waals surface area contributed by atoms with Gasteiger partial charge in [-0.3, -0.25) is 0 Å². The first-order chi connectivity index (χ1) is 8.65. The van der Waals surface area contributed by atoms with Crippen molar-refractivity contribution in [3.63, 3.8) is 0 Å². The van der Waals surface area contributed by atoms with Crippen molar-refractivity contribution in [1.29, 1.82) is 0 Å². The average Bonchev–Trinajstić information content (AvgIpc) is 2.77. The van der Waals surface area contributed by atoms with Gasteiger partial charge in [-0.05, 0) is 20.3 Å². The lowest BCUT2D eigenvalue weighted by Crippen LogP contribution is -2.28. The van der Waals surface area contributed by atoms with Crippen LogP contribution >= 0.6 is 0 Å². The van der Waals surface area contributed by atoms with Crippen molar-refractivity contribution >= 4 is 11.6 Å². The third-order valence-corrected chi connectivity index (χ3v) is 3.34. The Morgan fingerprint density at radius 3 is 2.67 bits per heavy atom. The molecule has 2 unspecified atom stereocenters. The second-order valence-electron chi connectivity index (χ2n) is 4.58. The molecular formula is C12H21N5O. The molecule has 0 radical (unpaired) electrons. The zero-order valence-electron chi connectivity index (χ0n) is 11.2. The zero-order valence-corrected chi connectivity index (χ0v) is 11.2. The zero-order chi connectivity index (χ0) is 13.1. The number of hydrogen-bond acceptors (Lipinski definition) is 6. The van der Waals surface area contributed by atoms with E-state index < -0.39 is 0 Å². The highest BCUT2D eigenvalue weighted by Crippen LogP contribution is 2.23. The Bertz CT molecular complexity index is 423. The molecule has 1 aliphatic rings. The van der Waals surface area contributed by atoms with Crippen LogP contribution in [0.3, 0.4) is 0 Å². The molecule has 2 atom stereocenters. The van der Waals surface area contributed by atoms with E-state index in [1.807, 2.05) is 13.8 Å². The van der Waals surface area contributed by atoms with Crippen molar-refractivity contribution in [2.24, 2.45) is 5.84 Å². The van der Waals surface area contributed by atoms with E-state index >= 15 is 0 Å². The Labute approximate surface area is 107 Å². The second kappa shape index (κ2) is 5.49. The molecule has 0 bridgehead atoms. The standard InChI is InChI=1S/C12H21N5O/c1-4-10-15-11(7(2)12(16-10)17-13)14-9-5-6-18-8(9)3/h8-9H,4-6,13H2,1-3H3,(H2,14,15,16,17). The predicted molar refractivity (Wildman–Crippen MR) is 71.4 cm³/mol. The number of nitrogens with zero attached hydrogens (tertiary/aromatic N) is 2. The minimum absolute atomic E-state index is 0.207. The van der Waals surface area contributed by atoms with Crippen LogP contribution in [0.2, 0.25) is 0 Å². The number of aryl methyl sites for hydroxylation is 1. The Morgan fingerprint density at radius 2 is 2.11 bits per heavy atom. The molecule has 0 amide bonds. The van der Waals surface area contributed by atoms with E-state index in [0.29, 0.717) is 11.9 Å². The predicted octanol–water partition coefficient (Wildman–Crippen LogP) is 1.22. The summed E-state index contributed by atoms with van der Waals surface area (Å²) in [6.07, 6.45) is 1.98. The quantitative estimate of drug-likeness (QED) is 0.551. The second-order valence-corrected chi connectivity index (χ2v) is 4.58. The smallest absolute Gasteiger partial charge is 0.148 e. The summed E-state index contributed by atoms with van der Waals surface area (Å²) in [5, 5.41) is 3.44. The molecule has 6 nitrogen and oxygen atoms in total. The van der Waals surface area contributed by atoms with Crippen molar-refractivity contribution in [1.82, 2.24) is 9.97 Å². The molecule has 2 rings (SSSR count). The number of hydrazine groups is 1. The lowest BCUT2D eigenvalue weighted by Gasteiger charge is -2.19. The van der Waals surface area contributed by atoms with E-state index in [1.54, 1.807) is 0 Å². The highest BCUT2D eigenvalue weighted by molar-refractivity contribution is 5.57. The number of ether oxygens (including phenoxy) is 1. The molecule has 0 spiro atoms. The van der Waals surface area contributed by atoms with Crippen molar-refractivity contribution < 1.29 is 4.74 Å². The highest BCUT2D eigenvalue weighted by atomic mass is 16.5. The van der Waals surface area contributed by atoms with Gasteiger partial charge in [0.05, 0.1) is 12.1 Å². The molecule has 2 heterocycles. The monoisotopic (exact) mass is 251 g/mol. The van der Waals surface area contributed by atoms with Gasteiger partial charge in [-0.1, -0.05) is 6.92 Å². The van der Waals surface area contributed by atoms with Crippen LogP contribution < -0.4 is 16.6 Å². The van der Waals surface area contributed by atoms with Gasteiger partial charge in [-0.2, -0.15) is 0 Å². The van der Waals surface area contributed by atoms with Crippen LogP contribution in [0.5, 0.6) is 0 Å². The van der Waals surface area contributed by atoms with E-state index in [2.05, 4.69) is 27.6 Å². The summed E-state index contributed by atoms with van der Waals surface area (Å²) in [6, 6.07) is 0.300. The van der Waals surface area contributed by atoms with E-state index in [4.69, 9.17) is 10.6 Å². The molecule has 0 saturated carbocycles. The molecule has 1 aliphatic heterocycles. The van der Waals surface area contributed by atoms with Gasteiger partial charge in [0, 0.05) is 18.6 Å². The Hall–Kier alpha value is -1.40. The first kappa shape index (κ1) is 13.0. The van der Waals surface area contributed by atoms with Crippen molar-refractivity contribution in [3.05, 3.63) is 11.4 Å². The van der Waals surface area contributed by atoms with Gasteiger partial charge in [0.15, 0.2) is 0 Å². The summed E-state index contributed by atoms with van der Waals surface area (Å²) in [4.78, 5) is 8.87. The topological polar surface area (TPSA) is 85.1 Å². The first-order valence-corrected chi connectivity index (χ1v) is 6.38. The molecule has 18 heavy (non-hydrogen) atoms. The fourth-order valence-electron chi connectivity index (χ4n) is 2.10. The van der Waals surface area contributed by atoms with Crippen LogP contribution in [0.15, 0.2) is 0 Å². The fraction of sp³-hybridized carbons (Fsp3) is 0.667. The summed E-state index contributed by atoms with van der Waals surface area (Å²) in [7, 11) is 0. The van der Waals surface area contributed by atoms with Crippen molar-refractivity contribution in [3.8, 4) is 0 Å². The van der Waals surface area contributed by atoms with E-state index in [9.17, 15) is 0 Å². The van der Waals surface area contributed by atoms with Crippen LogP contribution in [0.1, 0.15) is 31.7 Å². The van der Waals surface area contributed by atoms with Gasteiger partial charge in [0.25, 0.3) is 0 Å². The van der Waals surface area contributed by atoms with Crippen LogP contribution in [-0.4, -0.2) is 28.7 Å². The molecule has 100 valence electrons. The van der Waals surface area contributed by atoms with Crippen LogP contribution in [0.25, 0.3) is 0 Å². The van der Waals surface area contributed by atoms with E-state index in [1.165, 1.54) is 0 Å². The fourth-order valence-corrected chi connectivity index (χ4v) is 2.10. The minimum Gasteiger partial charge on any atom is -0.376 e. The summed E-state index contributed by atoms with van der Waals surface area (Å²) < 4.78 is 5.54. The third kappa shape index (κ3) is 2.54. The van der Waals surface area contributed by atoms with Gasteiger partial charge in [-0.25, -0.2) is 15.8 Å². The number of aromatic nitrogens is 2. The lowest BCUT2D eigenvalue weighted by atomic mass is 10.1. The van der Waals surface area contributed by atoms with Crippen LogP contribution in [0, 0.1) is 6.92 Å². The lowest BCUT2D eigenvalue weighted by molar-refractivity contribution is 0.121. The summed E-state index contributed by atoms with van der Waals surface area (Å²) in [5.41, 5.74) is 3.56. The Balaban J connectivity index is 2.25. The van der Waals surface area contributed by atoms with Crippen LogP contribution in [-0.2, 0) is 11.2 Å². The number of anilines is 2. The molecule has 1 fully saturated rings. The number of nitrogens with one attached hydrogen (secondary N) is 2. The third-order valence-electron chi connectivity index (χ3n) is 3.34. The SMILES string of the molecule is CCc1nc(NN)c(C)c(NC2CCOC2C)n1. The van der Waals surface area contributed by atoms with Gasteiger partial charge < -0.3 is 15.5 Å². The van der Waals surface area contributed by atoms with Crippen molar-refractivity contribution in [2.45, 2.75) is 45.8 Å². The maximum absolute atomic E-state index is 5.54.